The normalized spacial score (nSPS) is 13.9. The van der Waals surface area contributed by atoms with Crippen LogP contribution in [0.2, 0.25) is 0 Å². The predicted octanol–water partition coefficient (Wildman–Crippen LogP) is 1.82. The molecule has 0 atom stereocenters. The van der Waals surface area contributed by atoms with Gasteiger partial charge in [-0.15, -0.1) is 0 Å². The molecule has 2 rings (SSSR count). The second kappa shape index (κ2) is 4.79. The van der Waals surface area contributed by atoms with Crippen molar-refractivity contribution >= 4 is 11.6 Å². The lowest BCUT2D eigenvalue weighted by atomic mass is 9.96. The zero-order chi connectivity index (χ0) is 13.2. The topological polar surface area (TPSA) is 64.9 Å². The van der Waals surface area contributed by atoms with Gasteiger partial charge in [-0.05, 0) is 31.0 Å². The number of rotatable bonds is 4. The van der Waals surface area contributed by atoms with E-state index in [1.54, 1.807) is 0 Å². The number of nitrogens with one attached hydrogen (secondary N) is 2. The largest absolute Gasteiger partial charge is 0.326 e. The molecule has 0 spiro atoms. The number of carbonyl (C=O) groups is 1. The first-order chi connectivity index (χ1) is 8.50. The van der Waals surface area contributed by atoms with E-state index >= 15 is 0 Å². The number of carbonyl (C=O) groups excluding carboxylic acids is 1. The smallest absolute Gasteiger partial charge is 0.228 e. The molecule has 1 aliphatic heterocycles. The van der Waals surface area contributed by atoms with E-state index < -0.39 is 0 Å². The van der Waals surface area contributed by atoms with Gasteiger partial charge in [0.25, 0.3) is 0 Å². The lowest BCUT2D eigenvalue weighted by Gasteiger charge is -2.16. The van der Waals surface area contributed by atoms with E-state index in [1.165, 1.54) is 0 Å². The Kier molecular flexibility index (Phi) is 3.35. The van der Waals surface area contributed by atoms with Gasteiger partial charge in [-0.2, -0.15) is 5.26 Å². The second-order valence-corrected chi connectivity index (χ2v) is 5.32. The summed E-state index contributed by atoms with van der Waals surface area (Å²) in [6.07, 6.45) is 0.465. The average Bonchev–Trinajstić information content (AvgIpc) is 2.68. The summed E-state index contributed by atoms with van der Waals surface area (Å²) >= 11 is 0. The molecule has 0 aromatic heterocycles. The van der Waals surface area contributed by atoms with Crippen LogP contribution >= 0.6 is 0 Å². The van der Waals surface area contributed by atoms with Gasteiger partial charge in [0.05, 0.1) is 17.9 Å². The van der Waals surface area contributed by atoms with Crippen molar-refractivity contribution < 1.29 is 4.79 Å². The van der Waals surface area contributed by atoms with Gasteiger partial charge in [-0.25, -0.2) is 0 Å². The molecule has 2 N–H and O–H groups in total. The van der Waals surface area contributed by atoms with E-state index in [0.29, 0.717) is 19.5 Å². The van der Waals surface area contributed by atoms with Gasteiger partial charge >= 0.3 is 0 Å². The Balaban J connectivity index is 1.94. The van der Waals surface area contributed by atoms with E-state index in [0.717, 1.165) is 16.8 Å². The van der Waals surface area contributed by atoms with Crippen LogP contribution in [0.4, 0.5) is 5.69 Å². The standard InChI is InChI=1S/C14H17N3O/c1-14(2,8-15)9-16-7-10-3-4-12-11(5-10)6-13(18)17-12/h3-5,16H,6-7,9H2,1-2H3,(H,17,18). The minimum atomic E-state index is -0.353. The third-order valence-corrected chi connectivity index (χ3v) is 2.99. The van der Waals surface area contributed by atoms with Crippen molar-refractivity contribution in [3.63, 3.8) is 0 Å². The molecule has 1 aliphatic rings. The fraction of sp³-hybridized carbons (Fsp3) is 0.429. The summed E-state index contributed by atoms with van der Waals surface area (Å²) in [6.45, 7) is 5.18. The Hall–Kier alpha value is -1.86. The van der Waals surface area contributed by atoms with E-state index in [4.69, 9.17) is 5.26 Å². The molecule has 0 fully saturated rings. The van der Waals surface area contributed by atoms with Crippen molar-refractivity contribution in [2.75, 3.05) is 11.9 Å². The average molecular weight is 243 g/mol. The van der Waals surface area contributed by atoms with Crippen LogP contribution in [-0.4, -0.2) is 12.5 Å². The molecule has 4 nitrogen and oxygen atoms in total. The summed E-state index contributed by atoms with van der Waals surface area (Å²) in [4.78, 5) is 11.2. The van der Waals surface area contributed by atoms with E-state index in [2.05, 4.69) is 16.7 Å². The van der Waals surface area contributed by atoms with Crippen LogP contribution < -0.4 is 10.6 Å². The quantitative estimate of drug-likeness (QED) is 0.847. The van der Waals surface area contributed by atoms with E-state index in [-0.39, 0.29) is 11.3 Å². The zero-order valence-electron chi connectivity index (χ0n) is 10.7. The van der Waals surface area contributed by atoms with Crippen LogP contribution in [0.1, 0.15) is 25.0 Å². The minimum Gasteiger partial charge on any atom is -0.326 e. The lowest BCUT2D eigenvalue weighted by molar-refractivity contribution is -0.115. The lowest BCUT2D eigenvalue weighted by Crippen LogP contribution is -2.27. The number of nitrogens with zero attached hydrogens (tertiary/aromatic N) is 1. The third kappa shape index (κ3) is 2.88. The van der Waals surface area contributed by atoms with Crippen molar-refractivity contribution in [1.29, 1.82) is 5.26 Å². The molecule has 1 aromatic carbocycles. The van der Waals surface area contributed by atoms with Gasteiger partial charge in [0, 0.05) is 18.8 Å². The summed E-state index contributed by atoms with van der Waals surface area (Å²) in [7, 11) is 0. The Labute approximate surface area is 107 Å². The SMILES string of the molecule is CC(C)(C#N)CNCc1ccc2c(c1)CC(=O)N2. The Morgan fingerprint density at radius 2 is 2.28 bits per heavy atom. The van der Waals surface area contributed by atoms with Crippen LogP contribution in [0.25, 0.3) is 0 Å². The fourth-order valence-corrected chi connectivity index (χ4v) is 1.95. The molecule has 0 saturated heterocycles. The molecule has 0 aliphatic carbocycles. The summed E-state index contributed by atoms with van der Waals surface area (Å²) < 4.78 is 0. The molecular formula is C14H17N3O. The van der Waals surface area contributed by atoms with E-state index in [1.807, 2.05) is 32.0 Å². The highest BCUT2D eigenvalue weighted by Crippen LogP contribution is 2.23. The van der Waals surface area contributed by atoms with Crippen molar-refractivity contribution in [3.8, 4) is 6.07 Å². The molecule has 1 heterocycles. The number of fused-ring (bicyclic) bond motifs is 1. The third-order valence-electron chi connectivity index (χ3n) is 2.99. The predicted molar refractivity (Wildman–Crippen MR) is 69.9 cm³/mol. The number of amides is 1. The number of benzene rings is 1. The van der Waals surface area contributed by atoms with Gasteiger partial charge in [0.15, 0.2) is 0 Å². The Morgan fingerprint density at radius 1 is 1.50 bits per heavy atom. The zero-order valence-corrected chi connectivity index (χ0v) is 10.7. The maximum Gasteiger partial charge on any atom is 0.228 e. The fourth-order valence-electron chi connectivity index (χ4n) is 1.95. The van der Waals surface area contributed by atoms with Crippen molar-refractivity contribution in [3.05, 3.63) is 29.3 Å². The van der Waals surface area contributed by atoms with E-state index in [9.17, 15) is 4.79 Å². The van der Waals surface area contributed by atoms with Crippen LogP contribution in [0.5, 0.6) is 0 Å². The van der Waals surface area contributed by atoms with Gasteiger partial charge in [-0.3, -0.25) is 4.79 Å². The summed E-state index contributed by atoms with van der Waals surface area (Å²) in [6, 6.07) is 8.23. The number of hydrogen-bond donors (Lipinski definition) is 2. The Morgan fingerprint density at radius 3 is 3.00 bits per heavy atom. The molecule has 0 radical (unpaired) electrons. The highest BCUT2D eigenvalue weighted by Gasteiger charge is 2.18. The van der Waals surface area contributed by atoms with Gasteiger partial charge in [0.1, 0.15) is 0 Å². The minimum absolute atomic E-state index is 0.0562. The van der Waals surface area contributed by atoms with Crippen LogP contribution in [0, 0.1) is 16.7 Å². The highest BCUT2D eigenvalue weighted by molar-refractivity contribution is 5.99. The molecule has 0 bridgehead atoms. The van der Waals surface area contributed by atoms with Crippen LogP contribution in [0.3, 0.4) is 0 Å². The molecule has 0 unspecified atom stereocenters. The first-order valence-corrected chi connectivity index (χ1v) is 6.04. The summed E-state index contributed by atoms with van der Waals surface area (Å²) in [5.41, 5.74) is 2.76. The maximum atomic E-state index is 11.2. The maximum absolute atomic E-state index is 11.2. The van der Waals surface area contributed by atoms with Crippen molar-refractivity contribution in [2.45, 2.75) is 26.8 Å². The van der Waals surface area contributed by atoms with Gasteiger partial charge in [0.2, 0.25) is 5.91 Å². The molecule has 94 valence electrons. The van der Waals surface area contributed by atoms with Crippen LogP contribution in [-0.2, 0) is 17.8 Å². The second-order valence-electron chi connectivity index (χ2n) is 5.32. The first kappa shape index (κ1) is 12.6. The first-order valence-electron chi connectivity index (χ1n) is 6.04. The molecule has 0 saturated carbocycles. The number of nitriles is 1. The van der Waals surface area contributed by atoms with Gasteiger partial charge in [-0.1, -0.05) is 12.1 Å². The Bertz CT molecular complexity index is 514. The summed E-state index contributed by atoms with van der Waals surface area (Å²) in [5.74, 6) is 0.0562. The molecule has 4 heteroatoms. The number of hydrogen-bond acceptors (Lipinski definition) is 3. The number of anilines is 1. The highest BCUT2D eigenvalue weighted by atomic mass is 16.1. The van der Waals surface area contributed by atoms with Crippen molar-refractivity contribution in [2.24, 2.45) is 5.41 Å². The van der Waals surface area contributed by atoms with Crippen molar-refractivity contribution in [1.82, 2.24) is 5.32 Å². The van der Waals surface area contributed by atoms with Crippen LogP contribution in [0.15, 0.2) is 18.2 Å². The molecular weight excluding hydrogens is 226 g/mol. The monoisotopic (exact) mass is 243 g/mol. The molecule has 1 amide bonds. The summed E-state index contributed by atoms with van der Waals surface area (Å²) in [5, 5.41) is 15.0. The molecule has 1 aromatic rings. The van der Waals surface area contributed by atoms with Gasteiger partial charge < -0.3 is 10.6 Å². The molecule has 18 heavy (non-hydrogen) atoms.